The van der Waals surface area contributed by atoms with E-state index in [-0.39, 0.29) is 17.5 Å². The third kappa shape index (κ3) is 5.17. The van der Waals surface area contributed by atoms with Crippen LogP contribution in [-0.2, 0) is 4.79 Å². The highest BCUT2D eigenvalue weighted by Crippen LogP contribution is 2.33. The van der Waals surface area contributed by atoms with Crippen LogP contribution in [0.25, 0.3) is 10.9 Å². The number of nitrogens with one attached hydrogen (secondary N) is 1. The second-order valence-corrected chi connectivity index (χ2v) is 9.95. The van der Waals surface area contributed by atoms with Crippen molar-refractivity contribution in [2.24, 2.45) is 5.92 Å². The van der Waals surface area contributed by atoms with Gasteiger partial charge in [-0.3, -0.25) is 4.79 Å². The van der Waals surface area contributed by atoms with Crippen molar-refractivity contribution >= 4 is 22.5 Å². The van der Waals surface area contributed by atoms with E-state index in [1.165, 1.54) is 43.0 Å². The van der Waals surface area contributed by atoms with Crippen molar-refractivity contribution in [3.8, 4) is 0 Å². The summed E-state index contributed by atoms with van der Waals surface area (Å²) in [5.41, 5.74) is 2.90. The summed E-state index contributed by atoms with van der Waals surface area (Å²) in [6, 6.07) is 11.2. The topological polar surface area (TPSA) is 39.3 Å². The number of hydrogen-bond acceptors (Lipinski definition) is 2. The molecular weight excluding hydrogens is 432 g/mol. The monoisotopic (exact) mass is 465 g/mol. The Morgan fingerprint density at radius 2 is 1.76 bits per heavy atom. The van der Waals surface area contributed by atoms with Gasteiger partial charge >= 0.3 is 0 Å². The minimum absolute atomic E-state index is 0.140. The van der Waals surface area contributed by atoms with Crippen molar-refractivity contribution < 1.29 is 13.6 Å². The Balaban J connectivity index is 1.25. The first-order valence-corrected chi connectivity index (χ1v) is 12.6. The molecule has 1 N–H and O–H groups in total. The second-order valence-electron chi connectivity index (χ2n) is 9.95. The molecular formula is C28H33F2N3O. The summed E-state index contributed by atoms with van der Waals surface area (Å²) in [6.07, 6.45) is 9.53. The van der Waals surface area contributed by atoms with Crippen LogP contribution in [0.15, 0.2) is 48.7 Å². The number of hydrogen-bond donors (Lipinski definition) is 1. The van der Waals surface area contributed by atoms with Crippen molar-refractivity contribution in [1.82, 2.24) is 9.88 Å². The zero-order valence-electron chi connectivity index (χ0n) is 19.6. The van der Waals surface area contributed by atoms with Gasteiger partial charge in [-0.1, -0.05) is 19.3 Å². The van der Waals surface area contributed by atoms with E-state index in [0.717, 1.165) is 55.5 Å². The molecule has 2 heterocycles. The van der Waals surface area contributed by atoms with Gasteiger partial charge in [0.2, 0.25) is 5.91 Å². The summed E-state index contributed by atoms with van der Waals surface area (Å²) in [5, 5.41) is 0.961. The predicted octanol–water partition coefficient (Wildman–Crippen LogP) is 6.24. The number of aromatic nitrogens is 1. The number of H-pyrrole nitrogens is 1. The predicted molar refractivity (Wildman–Crippen MR) is 132 cm³/mol. The van der Waals surface area contributed by atoms with Gasteiger partial charge in [-0.25, -0.2) is 8.78 Å². The standard InChI is InChI=1S/C28H33F2N3O/c29-22-6-9-24(10-7-22)33(28(34)16-20-4-2-1-3-5-20)15-14-32-13-12-21(19-32)26-18-31-27-11-8-23(30)17-25(26)27/h6-11,17-18,20-21,31H,1-5,12-16,19H2. The molecule has 34 heavy (non-hydrogen) atoms. The molecule has 2 aromatic carbocycles. The van der Waals surface area contributed by atoms with E-state index >= 15 is 0 Å². The van der Waals surface area contributed by atoms with Crippen LogP contribution in [0, 0.1) is 17.6 Å². The van der Waals surface area contributed by atoms with Crippen molar-refractivity contribution in [2.45, 2.75) is 50.9 Å². The van der Waals surface area contributed by atoms with Crippen LogP contribution in [0.5, 0.6) is 0 Å². The largest absolute Gasteiger partial charge is 0.361 e. The van der Waals surface area contributed by atoms with E-state index in [9.17, 15) is 13.6 Å². The smallest absolute Gasteiger partial charge is 0.227 e. The van der Waals surface area contributed by atoms with E-state index in [1.54, 1.807) is 24.3 Å². The number of aromatic amines is 1. The van der Waals surface area contributed by atoms with Crippen molar-refractivity contribution in [1.29, 1.82) is 0 Å². The minimum atomic E-state index is -0.291. The molecule has 1 unspecified atom stereocenters. The summed E-state index contributed by atoms with van der Waals surface area (Å²) in [5.74, 6) is 0.437. The molecule has 5 rings (SSSR count). The Kier molecular flexibility index (Phi) is 6.95. The van der Waals surface area contributed by atoms with Gasteiger partial charge in [-0.05, 0) is 85.7 Å². The summed E-state index contributed by atoms with van der Waals surface area (Å²) < 4.78 is 27.3. The van der Waals surface area contributed by atoms with Crippen LogP contribution in [0.4, 0.5) is 14.5 Å². The molecule has 4 nitrogen and oxygen atoms in total. The highest BCUT2D eigenvalue weighted by molar-refractivity contribution is 5.93. The minimum Gasteiger partial charge on any atom is -0.361 e. The number of anilines is 1. The fraction of sp³-hybridized carbons (Fsp3) is 0.464. The summed E-state index contributed by atoms with van der Waals surface area (Å²) in [4.78, 5) is 20.8. The molecule has 6 heteroatoms. The fourth-order valence-electron chi connectivity index (χ4n) is 5.75. The van der Waals surface area contributed by atoms with E-state index in [1.807, 2.05) is 11.1 Å². The summed E-state index contributed by atoms with van der Waals surface area (Å²) >= 11 is 0. The maximum absolute atomic E-state index is 13.8. The number of rotatable bonds is 7. The van der Waals surface area contributed by atoms with Crippen LogP contribution in [0.1, 0.15) is 56.4 Å². The SMILES string of the molecule is O=C(CC1CCCCC1)N(CCN1CCC(c2c[nH]c3ccc(F)cc23)C1)c1ccc(F)cc1. The number of carbonyl (C=O) groups is 1. The number of nitrogens with zero attached hydrogens (tertiary/aromatic N) is 2. The van der Waals surface area contributed by atoms with Crippen LogP contribution in [0.2, 0.25) is 0 Å². The maximum atomic E-state index is 13.8. The Bertz CT molecular complexity index is 1120. The number of fused-ring (bicyclic) bond motifs is 1. The van der Waals surface area contributed by atoms with Crippen molar-refractivity contribution in [2.75, 3.05) is 31.1 Å². The molecule has 2 aliphatic rings. The Morgan fingerprint density at radius 1 is 1.00 bits per heavy atom. The summed E-state index contributed by atoms with van der Waals surface area (Å²) in [7, 11) is 0. The third-order valence-electron chi connectivity index (χ3n) is 7.66. The quantitative estimate of drug-likeness (QED) is 0.449. The van der Waals surface area contributed by atoms with E-state index in [4.69, 9.17) is 0 Å². The summed E-state index contributed by atoms with van der Waals surface area (Å²) in [6.45, 7) is 3.19. The number of benzene rings is 2. The molecule has 180 valence electrons. The van der Waals surface area contributed by atoms with Gasteiger partial charge in [0, 0.05) is 48.8 Å². The zero-order valence-corrected chi connectivity index (χ0v) is 19.6. The van der Waals surface area contributed by atoms with Gasteiger partial charge in [0.05, 0.1) is 0 Å². The van der Waals surface area contributed by atoms with E-state index in [2.05, 4.69) is 9.88 Å². The van der Waals surface area contributed by atoms with Gasteiger partial charge in [-0.15, -0.1) is 0 Å². The van der Waals surface area contributed by atoms with Crippen molar-refractivity contribution in [3.63, 3.8) is 0 Å². The second kappa shape index (κ2) is 10.3. The lowest BCUT2D eigenvalue weighted by atomic mass is 9.86. The molecule has 1 amide bonds. The molecule has 3 aromatic rings. The van der Waals surface area contributed by atoms with E-state index in [0.29, 0.717) is 24.8 Å². The lowest BCUT2D eigenvalue weighted by Crippen LogP contribution is -2.39. The molecule has 0 bridgehead atoms. The Labute approximate surface area is 199 Å². The molecule has 1 aliphatic carbocycles. The average molecular weight is 466 g/mol. The molecule has 2 fully saturated rings. The molecule has 1 saturated heterocycles. The Morgan fingerprint density at radius 3 is 2.56 bits per heavy atom. The van der Waals surface area contributed by atoms with Crippen LogP contribution in [0.3, 0.4) is 0 Å². The van der Waals surface area contributed by atoms with Crippen LogP contribution < -0.4 is 4.90 Å². The number of likely N-dealkylation sites (tertiary alicyclic amines) is 1. The number of amides is 1. The van der Waals surface area contributed by atoms with Crippen molar-refractivity contribution in [3.05, 3.63) is 65.9 Å². The van der Waals surface area contributed by atoms with Crippen LogP contribution >= 0.6 is 0 Å². The molecule has 1 aliphatic heterocycles. The molecule has 1 atom stereocenters. The van der Waals surface area contributed by atoms with Gasteiger partial charge in [0.1, 0.15) is 11.6 Å². The maximum Gasteiger partial charge on any atom is 0.227 e. The normalized spacial score (nSPS) is 19.6. The molecule has 1 saturated carbocycles. The zero-order chi connectivity index (χ0) is 23.5. The molecule has 1 aromatic heterocycles. The third-order valence-corrected chi connectivity index (χ3v) is 7.66. The average Bonchev–Trinajstić information content (AvgIpc) is 3.47. The van der Waals surface area contributed by atoms with Gasteiger partial charge in [0.15, 0.2) is 0 Å². The fourth-order valence-corrected chi connectivity index (χ4v) is 5.75. The van der Waals surface area contributed by atoms with E-state index < -0.39 is 0 Å². The first-order chi connectivity index (χ1) is 16.6. The lowest BCUT2D eigenvalue weighted by Gasteiger charge is -2.28. The van der Waals surface area contributed by atoms with Gasteiger partial charge in [0.25, 0.3) is 0 Å². The molecule has 0 radical (unpaired) electrons. The first-order valence-electron chi connectivity index (χ1n) is 12.6. The molecule has 0 spiro atoms. The lowest BCUT2D eigenvalue weighted by molar-refractivity contribution is -0.119. The first kappa shape index (κ1) is 23.0. The van der Waals surface area contributed by atoms with Gasteiger partial charge < -0.3 is 14.8 Å². The number of carbonyl (C=O) groups excluding carboxylic acids is 1. The van der Waals surface area contributed by atoms with Gasteiger partial charge in [-0.2, -0.15) is 0 Å². The number of halogens is 2. The Hall–Kier alpha value is -2.73. The highest BCUT2D eigenvalue weighted by Gasteiger charge is 2.28. The highest BCUT2D eigenvalue weighted by atomic mass is 19.1. The van der Waals surface area contributed by atoms with Crippen LogP contribution in [-0.4, -0.2) is 42.0 Å².